The van der Waals surface area contributed by atoms with Crippen LogP contribution < -0.4 is 10.4 Å². The summed E-state index contributed by atoms with van der Waals surface area (Å²) in [6.45, 7) is 1.74. The molecule has 0 bridgehead atoms. The largest absolute Gasteiger partial charge is 0.545 e. The van der Waals surface area contributed by atoms with Crippen LogP contribution in [0.3, 0.4) is 0 Å². The molecule has 1 aliphatic carbocycles. The molecule has 2 aromatic rings. The molecule has 2 heterocycles. The molecule has 0 radical (unpaired) electrons. The second-order valence-electron chi connectivity index (χ2n) is 5.07. The first-order chi connectivity index (χ1) is 10.1. The van der Waals surface area contributed by atoms with E-state index in [0.29, 0.717) is 10.8 Å². The van der Waals surface area contributed by atoms with Crippen LogP contribution in [0.1, 0.15) is 50.0 Å². The van der Waals surface area contributed by atoms with Gasteiger partial charge in [0.2, 0.25) is 0 Å². The summed E-state index contributed by atoms with van der Waals surface area (Å²) in [7, 11) is 0. The van der Waals surface area contributed by atoms with Crippen molar-refractivity contribution in [1.82, 2.24) is 0 Å². The number of rotatable bonds is 3. The molecule has 0 saturated heterocycles. The lowest BCUT2D eigenvalue weighted by molar-refractivity contribution is -0.254. The highest BCUT2D eigenvalue weighted by atomic mass is 32.1. The van der Waals surface area contributed by atoms with Crippen LogP contribution in [0.2, 0.25) is 0 Å². The molecule has 6 heteroatoms. The van der Waals surface area contributed by atoms with Gasteiger partial charge in [-0.1, -0.05) is 0 Å². The third-order valence-electron chi connectivity index (χ3n) is 3.57. The van der Waals surface area contributed by atoms with Crippen molar-refractivity contribution in [2.24, 2.45) is 0 Å². The second kappa shape index (κ2) is 5.37. The van der Waals surface area contributed by atoms with Crippen molar-refractivity contribution in [3.05, 3.63) is 39.7 Å². The molecule has 1 amide bonds. The first-order valence-corrected chi connectivity index (χ1v) is 7.61. The van der Waals surface area contributed by atoms with E-state index < -0.39 is 11.9 Å². The minimum absolute atomic E-state index is 0.131. The molecular weight excluding hydrogens is 290 g/mol. The van der Waals surface area contributed by atoms with Crippen molar-refractivity contribution in [2.75, 3.05) is 5.32 Å². The maximum atomic E-state index is 12.1. The van der Waals surface area contributed by atoms with Crippen molar-refractivity contribution in [1.29, 1.82) is 0 Å². The van der Waals surface area contributed by atoms with Crippen molar-refractivity contribution >= 4 is 28.2 Å². The molecular formula is C15H14NO4S-. The lowest BCUT2D eigenvalue weighted by Crippen LogP contribution is -2.25. The topological polar surface area (TPSA) is 82.4 Å². The lowest BCUT2D eigenvalue weighted by Gasteiger charge is -2.13. The highest BCUT2D eigenvalue weighted by molar-refractivity contribution is 7.17. The number of hydrogen-bond acceptors (Lipinski definition) is 5. The normalized spacial score (nSPS) is 13.8. The predicted molar refractivity (Wildman–Crippen MR) is 76.7 cm³/mol. The maximum absolute atomic E-state index is 12.1. The number of amides is 1. The minimum Gasteiger partial charge on any atom is -0.545 e. The summed E-state index contributed by atoms with van der Waals surface area (Å²) in [6.07, 6.45) is 3.60. The fraction of sp³-hybridized carbons (Fsp3) is 0.333. The zero-order chi connectivity index (χ0) is 15.0. The Morgan fingerprint density at radius 1 is 1.29 bits per heavy atom. The monoisotopic (exact) mass is 304 g/mol. The molecule has 0 aromatic carbocycles. The molecule has 5 nitrogen and oxygen atoms in total. The van der Waals surface area contributed by atoms with E-state index in [1.165, 1.54) is 11.3 Å². The molecule has 0 aliphatic heterocycles. The summed E-state index contributed by atoms with van der Waals surface area (Å²) in [5, 5.41) is 14.4. The Labute approximate surface area is 125 Å². The third-order valence-corrected chi connectivity index (χ3v) is 4.77. The van der Waals surface area contributed by atoms with Gasteiger partial charge >= 0.3 is 0 Å². The van der Waals surface area contributed by atoms with E-state index in [-0.39, 0.29) is 11.3 Å². The van der Waals surface area contributed by atoms with E-state index in [2.05, 4.69) is 5.32 Å². The smallest absolute Gasteiger partial charge is 0.291 e. The third kappa shape index (κ3) is 2.58. The Morgan fingerprint density at radius 2 is 2.05 bits per heavy atom. The van der Waals surface area contributed by atoms with Crippen LogP contribution in [-0.4, -0.2) is 11.9 Å². The Balaban J connectivity index is 1.93. The van der Waals surface area contributed by atoms with Gasteiger partial charge in [-0.05, 0) is 50.3 Å². The first-order valence-electron chi connectivity index (χ1n) is 6.80. The Kier molecular flexibility index (Phi) is 3.55. The molecule has 0 saturated carbocycles. The quantitative estimate of drug-likeness (QED) is 0.942. The zero-order valence-corrected chi connectivity index (χ0v) is 12.3. The van der Waals surface area contributed by atoms with Crippen LogP contribution in [-0.2, 0) is 12.8 Å². The number of anilines is 1. The average Bonchev–Trinajstić information content (AvgIpc) is 3.01. The van der Waals surface area contributed by atoms with Gasteiger partial charge in [-0.15, -0.1) is 11.3 Å². The molecule has 0 fully saturated rings. The number of aromatic carboxylic acids is 1. The van der Waals surface area contributed by atoms with Crippen LogP contribution in [0.25, 0.3) is 0 Å². The number of carbonyl (C=O) groups excluding carboxylic acids is 2. The number of nitrogens with one attached hydrogen (secondary N) is 1. The fourth-order valence-corrected chi connectivity index (χ4v) is 3.86. The van der Waals surface area contributed by atoms with Crippen LogP contribution in [0.5, 0.6) is 0 Å². The number of thiophene rings is 1. The molecule has 21 heavy (non-hydrogen) atoms. The van der Waals surface area contributed by atoms with Crippen molar-refractivity contribution < 1.29 is 19.1 Å². The summed E-state index contributed by atoms with van der Waals surface area (Å²) in [5.41, 5.74) is 0.948. The minimum atomic E-state index is -1.24. The highest BCUT2D eigenvalue weighted by Gasteiger charge is 2.23. The number of furan rings is 1. The van der Waals surface area contributed by atoms with Crippen molar-refractivity contribution in [3.8, 4) is 0 Å². The van der Waals surface area contributed by atoms with Crippen LogP contribution in [0.15, 0.2) is 16.5 Å². The highest BCUT2D eigenvalue weighted by Crippen LogP contribution is 2.38. The maximum Gasteiger partial charge on any atom is 0.291 e. The van der Waals surface area contributed by atoms with Gasteiger partial charge in [-0.2, -0.15) is 0 Å². The summed E-state index contributed by atoms with van der Waals surface area (Å²) in [5.74, 6) is -0.876. The number of hydrogen-bond donors (Lipinski definition) is 1. The Morgan fingerprint density at radius 3 is 2.71 bits per heavy atom. The van der Waals surface area contributed by atoms with E-state index in [1.807, 2.05) is 0 Å². The number of carboxylic acid groups (broad SMARTS) is 1. The molecule has 2 aromatic heterocycles. The molecule has 0 spiro atoms. The summed E-state index contributed by atoms with van der Waals surface area (Å²) in [4.78, 5) is 24.5. The first kappa shape index (κ1) is 13.9. The van der Waals surface area contributed by atoms with Gasteiger partial charge in [0.1, 0.15) is 10.8 Å². The van der Waals surface area contributed by atoms with Gasteiger partial charge < -0.3 is 19.6 Å². The van der Waals surface area contributed by atoms with Gasteiger partial charge in [0.25, 0.3) is 5.91 Å². The van der Waals surface area contributed by atoms with Crippen LogP contribution >= 0.6 is 11.3 Å². The Bertz CT molecular complexity index is 713. The summed E-state index contributed by atoms with van der Waals surface area (Å²) in [6, 6.07) is 3.25. The van der Waals surface area contributed by atoms with Gasteiger partial charge in [0.05, 0.1) is 5.97 Å². The van der Waals surface area contributed by atoms with Gasteiger partial charge in [0, 0.05) is 10.4 Å². The second-order valence-corrected chi connectivity index (χ2v) is 6.17. The molecule has 0 atom stereocenters. The number of aryl methyl sites for hydroxylation is 2. The van der Waals surface area contributed by atoms with E-state index in [4.69, 9.17) is 4.42 Å². The number of fused-ring (bicyclic) bond motifs is 1. The Hall–Kier alpha value is -2.08. The van der Waals surface area contributed by atoms with Crippen molar-refractivity contribution in [3.63, 3.8) is 0 Å². The molecule has 110 valence electrons. The van der Waals surface area contributed by atoms with Gasteiger partial charge in [-0.3, -0.25) is 4.79 Å². The van der Waals surface area contributed by atoms with Gasteiger partial charge in [0.15, 0.2) is 5.76 Å². The molecule has 1 aliphatic rings. The zero-order valence-electron chi connectivity index (χ0n) is 11.5. The van der Waals surface area contributed by atoms with Gasteiger partial charge in [-0.25, -0.2) is 0 Å². The predicted octanol–water partition coefficient (Wildman–Crippen LogP) is 2.14. The fourth-order valence-electron chi connectivity index (χ4n) is 2.59. The lowest BCUT2D eigenvalue weighted by atomic mass is 9.95. The van der Waals surface area contributed by atoms with Crippen LogP contribution in [0, 0.1) is 6.92 Å². The summed E-state index contributed by atoms with van der Waals surface area (Å²) >= 11 is 1.33. The molecule has 0 unspecified atom stereocenters. The van der Waals surface area contributed by atoms with E-state index in [9.17, 15) is 14.7 Å². The molecule has 3 rings (SSSR count). The van der Waals surface area contributed by atoms with E-state index in [0.717, 1.165) is 36.1 Å². The summed E-state index contributed by atoms with van der Waals surface area (Å²) < 4.78 is 5.25. The molecule has 1 N–H and O–H groups in total. The van der Waals surface area contributed by atoms with Crippen LogP contribution in [0.4, 0.5) is 5.00 Å². The van der Waals surface area contributed by atoms with Crippen molar-refractivity contribution in [2.45, 2.75) is 32.6 Å². The number of carbonyl (C=O) groups is 2. The standard InChI is InChI=1S/C15H15NO4S/c1-8-6-7-10(20-8)13(17)16-14-12(15(18)19)9-4-2-3-5-11(9)21-14/h6-7H,2-5H2,1H3,(H,16,17)(H,18,19)/p-1. The number of carboxylic acids is 1. The van der Waals surface area contributed by atoms with E-state index >= 15 is 0 Å². The SMILES string of the molecule is Cc1ccc(C(=O)Nc2sc3c(c2C(=O)[O-])CCCC3)o1. The average molecular weight is 304 g/mol. The van der Waals surface area contributed by atoms with E-state index in [1.54, 1.807) is 19.1 Å².